The van der Waals surface area contributed by atoms with E-state index in [0.717, 1.165) is 16.6 Å². The van der Waals surface area contributed by atoms with E-state index in [0.29, 0.717) is 12.0 Å². The number of anilines is 1. The van der Waals surface area contributed by atoms with Gasteiger partial charge in [0.25, 0.3) is 0 Å². The van der Waals surface area contributed by atoms with Crippen molar-refractivity contribution in [3.63, 3.8) is 0 Å². The van der Waals surface area contributed by atoms with Crippen molar-refractivity contribution in [1.82, 2.24) is 10.2 Å². The van der Waals surface area contributed by atoms with E-state index in [1.54, 1.807) is 6.92 Å². The molecule has 0 fully saturated rings. The first-order valence-electron chi connectivity index (χ1n) is 10.6. The predicted molar refractivity (Wildman–Crippen MR) is 123 cm³/mol. The topological polar surface area (TPSA) is 86.8 Å². The molecule has 0 aliphatic carbocycles. The molecular weight excluding hydrogens is 452 g/mol. The third-order valence-corrected chi connectivity index (χ3v) is 6.35. The molecule has 1 atom stereocenters. The van der Waals surface area contributed by atoms with Crippen molar-refractivity contribution in [1.29, 1.82) is 0 Å². The van der Waals surface area contributed by atoms with Crippen LogP contribution in [-0.2, 0) is 26.2 Å². The molecule has 1 N–H and O–H groups in total. The number of nitrogens with one attached hydrogen (secondary N) is 1. The van der Waals surface area contributed by atoms with Gasteiger partial charge in [0.1, 0.15) is 17.7 Å². The summed E-state index contributed by atoms with van der Waals surface area (Å²) < 4.78 is 52.8. The largest absolute Gasteiger partial charge is 0.357 e. The Morgan fingerprint density at radius 3 is 2.24 bits per heavy atom. The second-order valence-corrected chi connectivity index (χ2v) is 9.48. The minimum atomic E-state index is -3.78. The Balaban J connectivity index is 2.19. The maximum absolute atomic E-state index is 14.2. The van der Waals surface area contributed by atoms with Crippen LogP contribution in [0.3, 0.4) is 0 Å². The van der Waals surface area contributed by atoms with Crippen LogP contribution >= 0.6 is 0 Å². The lowest BCUT2D eigenvalue weighted by atomic mass is 10.1. The lowest BCUT2D eigenvalue weighted by Crippen LogP contribution is -2.48. The molecular formula is C23H29F2N3O4S. The molecule has 2 amide bonds. The molecule has 0 aliphatic rings. The highest BCUT2D eigenvalue weighted by Gasteiger charge is 2.28. The molecule has 10 heteroatoms. The molecule has 0 spiro atoms. The van der Waals surface area contributed by atoms with E-state index in [2.05, 4.69) is 5.32 Å². The number of sulfonamides is 1. The van der Waals surface area contributed by atoms with Crippen LogP contribution in [-0.4, -0.2) is 51.0 Å². The Kier molecular flexibility index (Phi) is 9.33. The van der Waals surface area contributed by atoms with E-state index in [9.17, 15) is 26.8 Å². The number of halogens is 2. The lowest BCUT2D eigenvalue weighted by molar-refractivity contribution is -0.141. The minimum absolute atomic E-state index is 0.0604. The molecule has 180 valence electrons. The minimum Gasteiger partial charge on any atom is -0.357 e. The fraction of sp³-hybridized carbons (Fsp3) is 0.391. The van der Waals surface area contributed by atoms with Crippen LogP contribution in [0.2, 0.25) is 0 Å². The fourth-order valence-corrected chi connectivity index (χ4v) is 4.48. The molecule has 0 aliphatic heterocycles. The number of benzene rings is 2. The molecule has 0 radical (unpaired) electrons. The predicted octanol–water partition coefficient (Wildman–Crippen LogP) is 3.06. The monoisotopic (exact) mass is 481 g/mol. The molecule has 0 saturated heterocycles. The van der Waals surface area contributed by atoms with Crippen molar-refractivity contribution in [2.45, 2.75) is 38.8 Å². The van der Waals surface area contributed by atoms with Crippen molar-refractivity contribution in [3.05, 3.63) is 65.7 Å². The van der Waals surface area contributed by atoms with Gasteiger partial charge in [-0.1, -0.05) is 31.2 Å². The smallest absolute Gasteiger partial charge is 0.242 e. The summed E-state index contributed by atoms with van der Waals surface area (Å²) in [6.07, 6.45) is 1.39. The lowest BCUT2D eigenvalue weighted by Gasteiger charge is -2.30. The van der Waals surface area contributed by atoms with Gasteiger partial charge >= 0.3 is 0 Å². The number of carbonyl (C=O) groups excluding carboxylic acids is 2. The number of hydrogen-bond donors (Lipinski definition) is 1. The van der Waals surface area contributed by atoms with Crippen LogP contribution < -0.4 is 9.62 Å². The molecule has 0 saturated carbocycles. The molecule has 2 aromatic carbocycles. The van der Waals surface area contributed by atoms with Gasteiger partial charge in [-0.15, -0.1) is 0 Å². The Hall–Kier alpha value is -3.01. The zero-order chi connectivity index (χ0) is 24.6. The normalized spacial score (nSPS) is 12.2. The van der Waals surface area contributed by atoms with Gasteiger partial charge in [-0.3, -0.25) is 13.9 Å². The Morgan fingerprint density at radius 2 is 1.70 bits per heavy atom. The van der Waals surface area contributed by atoms with E-state index in [1.807, 2.05) is 0 Å². The third kappa shape index (κ3) is 7.24. The zero-order valence-corrected chi connectivity index (χ0v) is 19.7. The van der Waals surface area contributed by atoms with E-state index in [-0.39, 0.29) is 43.4 Å². The molecule has 0 aromatic heterocycles. The number of carbonyl (C=O) groups is 2. The van der Waals surface area contributed by atoms with E-state index >= 15 is 0 Å². The van der Waals surface area contributed by atoms with E-state index in [1.165, 1.54) is 54.4 Å². The van der Waals surface area contributed by atoms with Gasteiger partial charge in [-0.25, -0.2) is 17.2 Å². The third-order valence-electron chi connectivity index (χ3n) is 5.17. The Morgan fingerprint density at radius 1 is 1.06 bits per heavy atom. The summed E-state index contributed by atoms with van der Waals surface area (Å²) in [6, 6.07) is 10.4. The summed E-state index contributed by atoms with van der Waals surface area (Å²) in [5.41, 5.74) is 0.559. The molecule has 2 aromatic rings. The SMILES string of the molecule is CC[C@H](C(=O)NC)N(Cc1ccc(F)cc1)C(=O)CCCN(c1ccccc1F)S(C)(=O)=O. The number of nitrogens with zero attached hydrogens (tertiary/aromatic N) is 2. The standard InChI is InChI=1S/C23H29F2N3O4S/c1-4-20(23(30)26-2)27(16-17-11-13-18(24)14-12-17)22(29)10-7-15-28(33(3,31)32)21-9-6-5-8-19(21)25/h5-6,8-9,11-14,20H,4,7,10,15-16H2,1-3H3,(H,26,30)/t20-/m1/s1. The van der Waals surface area contributed by atoms with Crippen molar-refractivity contribution in [2.75, 3.05) is 24.2 Å². The Labute approximate surface area is 193 Å². The number of rotatable bonds is 11. The zero-order valence-electron chi connectivity index (χ0n) is 18.9. The van der Waals surface area contributed by atoms with E-state index in [4.69, 9.17) is 0 Å². The van der Waals surface area contributed by atoms with Crippen LogP contribution in [0.4, 0.5) is 14.5 Å². The quantitative estimate of drug-likeness (QED) is 0.535. The van der Waals surface area contributed by atoms with Gasteiger partial charge in [-0.2, -0.15) is 0 Å². The fourth-order valence-electron chi connectivity index (χ4n) is 3.51. The maximum Gasteiger partial charge on any atom is 0.242 e. The summed E-state index contributed by atoms with van der Waals surface area (Å²) >= 11 is 0. The van der Waals surface area contributed by atoms with Gasteiger partial charge in [0.05, 0.1) is 11.9 Å². The first-order chi connectivity index (χ1) is 15.6. The molecule has 33 heavy (non-hydrogen) atoms. The second-order valence-electron chi connectivity index (χ2n) is 7.58. The molecule has 0 heterocycles. The summed E-state index contributed by atoms with van der Waals surface area (Å²) in [5.74, 6) is -1.80. The highest BCUT2D eigenvalue weighted by atomic mass is 32.2. The first-order valence-corrected chi connectivity index (χ1v) is 12.4. The van der Waals surface area contributed by atoms with Crippen LogP contribution in [0.15, 0.2) is 48.5 Å². The van der Waals surface area contributed by atoms with Gasteiger partial charge < -0.3 is 10.2 Å². The van der Waals surface area contributed by atoms with Crippen LogP contribution in [0.25, 0.3) is 0 Å². The van der Waals surface area contributed by atoms with Gasteiger partial charge in [0, 0.05) is 26.6 Å². The average molecular weight is 482 g/mol. The molecule has 2 rings (SSSR count). The maximum atomic E-state index is 14.2. The number of para-hydroxylation sites is 1. The highest BCUT2D eigenvalue weighted by Crippen LogP contribution is 2.22. The first kappa shape index (κ1) is 26.2. The van der Waals surface area contributed by atoms with Gasteiger partial charge in [0.15, 0.2) is 0 Å². The highest BCUT2D eigenvalue weighted by molar-refractivity contribution is 7.92. The molecule has 0 bridgehead atoms. The van der Waals surface area contributed by atoms with Crippen LogP contribution in [0.5, 0.6) is 0 Å². The van der Waals surface area contributed by atoms with Crippen molar-refractivity contribution in [2.24, 2.45) is 0 Å². The summed E-state index contributed by atoms with van der Waals surface area (Å²) in [5, 5.41) is 2.55. The van der Waals surface area contributed by atoms with Gasteiger partial charge in [0.2, 0.25) is 21.8 Å². The average Bonchev–Trinajstić information content (AvgIpc) is 2.77. The Bertz CT molecular complexity index is 1060. The second kappa shape index (κ2) is 11.7. The molecule has 7 nitrogen and oxygen atoms in total. The van der Waals surface area contributed by atoms with Crippen LogP contribution in [0.1, 0.15) is 31.7 Å². The van der Waals surface area contributed by atoms with Crippen LogP contribution in [0, 0.1) is 11.6 Å². The van der Waals surface area contributed by atoms with Crippen molar-refractivity contribution < 1.29 is 26.8 Å². The molecule has 0 unspecified atom stereocenters. The van der Waals surface area contributed by atoms with E-state index < -0.39 is 27.7 Å². The summed E-state index contributed by atoms with van der Waals surface area (Å²) in [4.78, 5) is 26.9. The number of hydrogen-bond acceptors (Lipinski definition) is 4. The van der Waals surface area contributed by atoms with Gasteiger partial charge in [-0.05, 0) is 42.7 Å². The number of amides is 2. The van der Waals surface area contributed by atoms with Crippen molar-refractivity contribution in [3.8, 4) is 0 Å². The van der Waals surface area contributed by atoms with Crippen molar-refractivity contribution >= 4 is 27.5 Å². The summed E-state index contributed by atoms with van der Waals surface area (Å²) in [6.45, 7) is 1.76. The number of likely N-dealkylation sites (N-methyl/N-ethyl adjacent to an activating group) is 1. The summed E-state index contributed by atoms with van der Waals surface area (Å²) in [7, 11) is -2.30.